The Labute approximate surface area is 147 Å². The van der Waals surface area contributed by atoms with Crippen molar-refractivity contribution in [1.29, 1.82) is 0 Å². The predicted octanol–water partition coefficient (Wildman–Crippen LogP) is 3.72. The fourth-order valence-electron chi connectivity index (χ4n) is 3.43. The molecule has 1 unspecified atom stereocenters. The van der Waals surface area contributed by atoms with E-state index in [9.17, 15) is 9.90 Å². The molecule has 6 heteroatoms. The molecule has 1 atom stereocenters. The molecule has 6 nitrogen and oxygen atoms in total. The molecule has 1 saturated heterocycles. The van der Waals surface area contributed by atoms with E-state index in [-0.39, 0.29) is 5.56 Å². The minimum atomic E-state index is -1.03. The van der Waals surface area contributed by atoms with Crippen molar-refractivity contribution in [3.63, 3.8) is 0 Å². The summed E-state index contributed by atoms with van der Waals surface area (Å²) in [7, 11) is 0. The van der Waals surface area contributed by atoms with Crippen LogP contribution >= 0.6 is 0 Å². The van der Waals surface area contributed by atoms with Gasteiger partial charge in [0.25, 0.3) is 0 Å². The van der Waals surface area contributed by atoms with Crippen LogP contribution in [0, 0.1) is 0 Å². The van der Waals surface area contributed by atoms with Crippen molar-refractivity contribution >= 4 is 11.8 Å². The monoisotopic (exact) mass is 343 g/mol. The average Bonchev–Trinajstić information content (AvgIpc) is 3.08. The van der Waals surface area contributed by atoms with Gasteiger partial charge in [0.15, 0.2) is 17.1 Å². The number of anilines is 1. The number of aromatic carboxylic acids is 1. The Hall–Kier alpha value is -2.34. The highest BCUT2D eigenvalue weighted by Crippen LogP contribution is 2.29. The molecule has 2 aromatic rings. The second-order valence-electron chi connectivity index (χ2n) is 6.45. The molecule has 25 heavy (non-hydrogen) atoms. The molecule has 1 fully saturated rings. The third kappa shape index (κ3) is 4.02. The van der Waals surface area contributed by atoms with E-state index in [2.05, 4.69) is 22.3 Å². The van der Waals surface area contributed by atoms with Crippen molar-refractivity contribution in [1.82, 2.24) is 10.1 Å². The van der Waals surface area contributed by atoms with E-state index in [0.717, 1.165) is 19.5 Å². The van der Waals surface area contributed by atoms with Gasteiger partial charge in [-0.15, -0.1) is 0 Å². The molecule has 0 spiro atoms. The number of nitrogens with zero attached hydrogens (tertiary/aromatic N) is 2. The molecule has 0 amide bonds. The van der Waals surface area contributed by atoms with Crippen LogP contribution in [0.1, 0.15) is 43.0 Å². The summed E-state index contributed by atoms with van der Waals surface area (Å²) in [6, 6.07) is 9.58. The van der Waals surface area contributed by atoms with Gasteiger partial charge in [-0.1, -0.05) is 48.8 Å². The average molecular weight is 343 g/mol. The summed E-state index contributed by atoms with van der Waals surface area (Å²) in [4.78, 5) is 14.2. The fraction of sp³-hybridized carbons (Fsp3) is 0.474. The van der Waals surface area contributed by atoms with Crippen molar-refractivity contribution in [2.45, 2.75) is 38.6 Å². The lowest BCUT2D eigenvalue weighted by Gasteiger charge is -2.34. The summed E-state index contributed by atoms with van der Waals surface area (Å²) < 4.78 is 5.35. The largest absolute Gasteiger partial charge is 0.477 e. The topological polar surface area (TPSA) is 78.6 Å². The molecule has 3 rings (SSSR count). The van der Waals surface area contributed by atoms with Gasteiger partial charge in [0, 0.05) is 18.2 Å². The molecule has 0 aliphatic carbocycles. The molecule has 0 saturated carbocycles. The number of aromatic nitrogens is 1. The quantitative estimate of drug-likeness (QED) is 0.798. The maximum Gasteiger partial charge on any atom is 0.343 e. The van der Waals surface area contributed by atoms with Gasteiger partial charge in [-0.2, -0.15) is 0 Å². The van der Waals surface area contributed by atoms with Gasteiger partial charge >= 0.3 is 5.97 Å². The first kappa shape index (κ1) is 17.5. The number of rotatable bonds is 7. The van der Waals surface area contributed by atoms with Crippen LogP contribution in [-0.4, -0.2) is 46.8 Å². The Bertz CT molecular complexity index is 693. The molecule has 1 aromatic heterocycles. The summed E-state index contributed by atoms with van der Waals surface area (Å²) in [6.07, 6.45) is 4.78. The predicted molar refractivity (Wildman–Crippen MR) is 96.9 cm³/mol. The van der Waals surface area contributed by atoms with E-state index >= 15 is 0 Å². The Balaban J connectivity index is 1.76. The molecular weight excluding hydrogens is 318 g/mol. The number of carbonyl (C=O) groups is 1. The number of benzene rings is 1. The van der Waals surface area contributed by atoms with Crippen LogP contribution in [0.25, 0.3) is 11.3 Å². The minimum absolute atomic E-state index is 0.0969. The van der Waals surface area contributed by atoms with E-state index < -0.39 is 5.97 Å². The van der Waals surface area contributed by atoms with Gasteiger partial charge < -0.3 is 14.9 Å². The zero-order valence-corrected chi connectivity index (χ0v) is 14.6. The van der Waals surface area contributed by atoms with Crippen molar-refractivity contribution in [2.24, 2.45) is 0 Å². The van der Waals surface area contributed by atoms with E-state index in [4.69, 9.17) is 4.52 Å². The van der Waals surface area contributed by atoms with Crippen LogP contribution in [0.3, 0.4) is 0 Å². The maximum absolute atomic E-state index is 11.7. The molecule has 1 aromatic carbocycles. The summed E-state index contributed by atoms with van der Waals surface area (Å²) in [5.74, 6) is -0.433. The highest BCUT2D eigenvalue weighted by molar-refractivity contribution is 5.99. The lowest BCUT2D eigenvalue weighted by atomic mass is 10.1. The molecule has 2 N–H and O–H groups in total. The number of nitrogens with one attached hydrogen (secondary N) is 1. The number of hydrogen-bond acceptors (Lipinski definition) is 5. The van der Waals surface area contributed by atoms with Gasteiger partial charge in [0.2, 0.25) is 0 Å². The van der Waals surface area contributed by atoms with Crippen LogP contribution < -0.4 is 5.32 Å². The van der Waals surface area contributed by atoms with Gasteiger partial charge in [-0.05, 0) is 32.4 Å². The highest BCUT2D eigenvalue weighted by Gasteiger charge is 2.25. The summed E-state index contributed by atoms with van der Waals surface area (Å²) in [5.41, 5.74) is 0.809. The van der Waals surface area contributed by atoms with Gasteiger partial charge in [0.1, 0.15) is 0 Å². The maximum atomic E-state index is 11.7. The van der Waals surface area contributed by atoms with E-state index in [1.807, 2.05) is 30.3 Å². The van der Waals surface area contributed by atoms with Crippen molar-refractivity contribution in [3.8, 4) is 11.3 Å². The lowest BCUT2D eigenvalue weighted by Crippen LogP contribution is -2.42. The standard InChI is InChI=1S/C19H25N3O3/c1-2-15(22-11-7-4-8-12-22)13-20-18-16(19(23)24)17(25-21-18)14-9-5-3-6-10-14/h3,5-6,9-10,15H,2,4,7-8,11-13H2,1H3,(H,20,21)(H,23,24). The Morgan fingerprint density at radius 3 is 2.64 bits per heavy atom. The fourth-order valence-corrected chi connectivity index (χ4v) is 3.43. The highest BCUT2D eigenvalue weighted by atomic mass is 16.5. The lowest BCUT2D eigenvalue weighted by molar-refractivity contribution is 0.0698. The molecule has 1 aliphatic rings. The van der Waals surface area contributed by atoms with Crippen LogP contribution in [-0.2, 0) is 0 Å². The zero-order valence-electron chi connectivity index (χ0n) is 14.6. The van der Waals surface area contributed by atoms with Gasteiger partial charge in [-0.25, -0.2) is 4.79 Å². The Kier molecular flexibility index (Phi) is 5.71. The number of piperidine rings is 1. The van der Waals surface area contributed by atoms with Crippen LogP contribution in [0.4, 0.5) is 5.82 Å². The number of likely N-dealkylation sites (tertiary alicyclic amines) is 1. The second kappa shape index (κ2) is 8.16. The molecule has 134 valence electrons. The summed E-state index contributed by atoms with van der Waals surface area (Å²) in [6.45, 7) is 5.05. The first-order valence-corrected chi connectivity index (χ1v) is 8.97. The first-order chi connectivity index (χ1) is 12.2. The van der Waals surface area contributed by atoms with Crippen LogP contribution in [0.15, 0.2) is 34.9 Å². The van der Waals surface area contributed by atoms with E-state index in [1.165, 1.54) is 19.3 Å². The smallest absolute Gasteiger partial charge is 0.343 e. The van der Waals surface area contributed by atoms with Crippen LogP contribution in [0.5, 0.6) is 0 Å². The molecule has 2 heterocycles. The Morgan fingerprint density at radius 1 is 1.28 bits per heavy atom. The third-order valence-electron chi connectivity index (χ3n) is 4.83. The van der Waals surface area contributed by atoms with Crippen molar-refractivity contribution < 1.29 is 14.4 Å². The first-order valence-electron chi connectivity index (χ1n) is 8.97. The molecular formula is C19H25N3O3. The SMILES string of the molecule is CCC(CNc1noc(-c2ccccc2)c1C(=O)O)N1CCCCC1. The summed E-state index contributed by atoms with van der Waals surface area (Å²) in [5, 5.41) is 16.8. The molecule has 1 aliphatic heterocycles. The Morgan fingerprint density at radius 2 is 2.00 bits per heavy atom. The van der Waals surface area contributed by atoms with Crippen molar-refractivity contribution in [3.05, 3.63) is 35.9 Å². The van der Waals surface area contributed by atoms with Crippen molar-refractivity contribution in [2.75, 3.05) is 25.0 Å². The number of hydrogen-bond donors (Lipinski definition) is 2. The number of carboxylic acids is 1. The molecule has 0 bridgehead atoms. The number of carboxylic acid groups (broad SMARTS) is 1. The van der Waals surface area contributed by atoms with Gasteiger partial charge in [-0.3, -0.25) is 4.90 Å². The summed E-state index contributed by atoms with van der Waals surface area (Å²) >= 11 is 0. The normalized spacial score (nSPS) is 16.5. The third-order valence-corrected chi connectivity index (χ3v) is 4.83. The minimum Gasteiger partial charge on any atom is -0.477 e. The zero-order chi connectivity index (χ0) is 17.6. The van der Waals surface area contributed by atoms with Crippen LogP contribution in [0.2, 0.25) is 0 Å². The molecule has 0 radical (unpaired) electrons. The van der Waals surface area contributed by atoms with E-state index in [1.54, 1.807) is 0 Å². The second-order valence-corrected chi connectivity index (χ2v) is 6.45. The van der Waals surface area contributed by atoms with E-state index in [0.29, 0.717) is 29.7 Å². The van der Waals surface area contributed by atoms with Gasteiger partial charge in [0.05, 0.1) is 0 Å².